The van der Waals surface area contributed by atoms with Crippen LogP contribution in [0.4, 0.5) is 11.5 Å². The van der Waals surface area contributed by atoms with Crippen LogP contribution in [0.2, 0.25) is 0 Å². The molecule has 0 saturated heterocycles. The Bertz CT molecular complexity index is 1410. The number of pyridine rings is 2. The number of nitrogens with zero attached hydrogens (tertiary/aromatic N) is 3. The van der Waals surface area contributed by atoms with Crippen molar-refractivity contribution in [3.05, 3.63) is 84.2 Å². The first-order valence-electron chi connectivity index (χ1n) is 10.3. The summed E-state index contributed by atoms with van der Waals surface area (Å²) >= 11 is 0. The van der Waals surface area contributed by atoms with Gasteiger partial charge in [0.05, 0.1) is 29.4 Å². The summed E-state index contributed by atoms with van der Waals surface area (Å²) in [6.07, 6.45) is 4.05. The minimum atomic E-state index is -3.63. The Kier molecular flexibility index (Phi) is 5.24. The molecule has 0 unspecified atom stereocenters. The molecular formula is C24H22N4O3S. The zero-order valence-electron chi connectivity index (χ0n) is 17.5. The second kappa shape index (κ2) is 8.22. The van der Waals surface area contributed by atoms with Gasteiger partial charge in [-0.3, -0.25) is 4.98 Å². The second-order valence-corrected chi connectivity index (χ2v) is 9.54. The van der Waals surface area contributed by atoms with E-state index in [0.717, 1.165) is 33.5 Å². The zero-order valence-corrected chi connectivity index (χ0v) is 18.3. The molecule has 2 aromatic heterocycles. The number of sulfonamides is 1. The Morgan fingerprint density at radius 2 is 1.91 bits per heavy atom. The molecule has 0 spiro atoms. The lowest BCUT2D eigenvalue weighted by atomic mass is 10.0. The molecule has 0 atom stereocenters. The highest BCUT2D eigenvalue weighted by Gasteiger charge is 2.30. The van der Waals surface area contributed by atoms with Crippen LogP contribution in [0.1, 0.15) is 11.1 Å². The third-order valence-electron chi connectivity index (χ3n) is 5.64. The first-order chi connectivity index (χ1) is 15.5. The van der Waals surface area contributed by atoms with Crippen LogP contribution in [0.25, 0.3) is 10.9 Å². The summed E-state index contributed by atoms with van der Waals surface area (Å²) < 4.78 is 33.1. The summed E-state index contributed by atoms with van der Waals surface area (Å²) in [7, 11) is -2.11. The van der Waals surface area contributed by atoms with Gasteiger partial charge in [-0.2, -0.15) is 4.31 Å². The molecule has 0 saturated carbocycles. The van der Waals surface area contributed by atoms with Gasteiger partial charge < -0.3 is 10.1 Å². The predicted octanol–water partition coefficient (Wildman–Crippen LogP) is 4.13. The Hall–Kier alpha value is -3.49. The molecule has 162 valence electrons. The molecule has 32 heavy (non-hydrogen) atoms. The van der Waals surface area contributed by atoms with Crippen LogP contribution in [0.5, 0.6) is 5.75 Å². The molecule has 7 nitrogen and oxygen atoms in total. The molecule has 1 aliphatic heterocycles. The smallest absolute Gasteiger partial charge is 0.243 e. The van der Waals surface area contributed by atoms with E-state index in [1.165, 1.54) is 11.4 Å². The summed E-state index contributed by atoms with van der Waals surface area (Å²) in [5.74, 6) is 1.25. The number of aromatic nitrogens is 2. The second-order valence-electron chi connectivity index (χ2n) is 7.61. The quantitative estimate of drug-likeness (QED) is 0.496. The Morgan fingerprint density at radius 3 is 2.78 bits per heavy atom. The summed E-state index contributed by atoms with van der Waals surface area (Å²) in [5.41, 5.74) is 3.74. The van der Waals surface area contributed by atoms with Crippen molar-refractivity contribution in [2.75, 3.05) is 19.0 Å². The number of methoxy groups -OCH3 is 1. The van der Waals surface area contributed by atoms with Crippen LogP contribution in [-0.2, 0) is 23.0 Å². The van der Waals surface area contributed by atoms with Crippen LogP contribution in [-0.4, -0.2) is 36.3 Å². The maximum Gasteiger partial charge on any atom is 0.243 e. The predicted molar refractivity (Wildman–Crippen MR) is 124 cm³/mol. The first kappa shape index (κ1) is 20.4. The number of hydrogen-bond donors (Lipinski definition) is 1. The van der Waals surface area contributed by atoms with Crippen LogP contribution in [0.15, 0.2) is 78.0 Å². The summed E-state index contributed by atoms with van der Waals surface area (Å²) in [6.45, 7) is 0.672. The van der Waals surface area contributed by atoms with Crippen molar-refractivity contribution in [2.24, 2.45) is 0 Å². The molecule has 0 bridgehead atoms. The van der Waals surface area contributed by atoms with Crippen molar-refractivity contribution in [2.45, 2.75) is 17.9 Å². The van der Waals surface area contributed by atoms with Gasteiger partial charge in [0.15, 0.2) is 0 Å². The average Bonchev–Trinajstić information content (AvgIpc) is 2.84. The van der Waals surface area contributed by atoms with Gasteiger partial charge in [0.25, 0.3) is 0 Å². The lowest BCUT2D eigenvalue weighted by Gasteiger charge is -2.29. The summed E-state index contributed by atoms with van der Waals surface area (Å²) in [6, 6.07) is 18.4. The topological polar surface area (TPSA) is 84.4 Å². The monoisotopic (exact) mass is 446 g/mol. The minimum Gasteiger partial charge on any atom is -0.497 e. The molecule has 8 heteroatoms. The van der Waals surface area contributed by atoms with E-state index in [9.17, 15) is 8.42 Å². The summed E-state index contributed by atoms with van der Waals surface area (Å²) in [5, 5.41) is 4.41. The number of fused-ring (bicyclic) bond motifs is 2. The van der Waals surface area contributed by atoms with Gasteiger partial charge in [-0.25, -0.2) is 13.4 Å². The Balaban J connectivity index is 1.41. The van der Waals surface area contributed by atoms with Crippen molar-refractivity contribution >= 4 is 32.4 Å². The molecule has 1 N–H and O–H groups in total. The van der Waals surface area contributed by atoms with Gasteiger partial charge in [0.1, 0.15) is 11.6 Å². The molecule has 5 rings (SSSR count). The van der Waals surface area contributed by atoms with Gasteiger partial charge in [0.2, 0.25) is 10.0 Å². The number of para-hydroxylation sites is 1. The number of rotatable bonds is 5. The summed E-state index contributed by atoms with van der Waals surface area (Å²) in [4.78, 5) is 9.24. The number of nitrogens with one attached hydrogen (secondary N) is 1. The average molecular weight is 447 g/mol. The molecule has 3 heterocycles. The van der Waals surface area contributed by atoms with Gasteiger partial charge >= 0.3 is 0 Å². The van der Waals surface area contributed by atoms with Gasteiger partial charge in [-0.05, 0) is 42.3 Å². The van der Waals surface area contributed by atoms with E-state index in [-0.39, 0.29) is 4.90 Å². The molecule has 4 aromatic rings. The molecule has 0 amide bonds. The Labute approximate surface area is 186 Å². The number of hydrogen-bond acceptors (Lipinski definition) is 6. The molecule has 0 radical (unpaired) electrons. The van der Waals surface area contributed by atoms with Crippen molar-refractivity contribution in [1.29, 1.82) is 0 Å². The maximum atomic E-state index is 13.2. The normalized spacial score (nSPS) is 14.2. The van der Waals surface area contributed by atoms with E-state index >= 15 is 0 Å². The van der Waals surface area contributed by atoms with Crippen molar-refractivity contribution < 1.29 is 13.2 Å². The first-order valence-corrected chi connectivity index (χ1v) is 11.7. The minimum absolute atomic E-state index is 0.231. The Morgan fingerprint density at radius 1 is 1.03 bits per heavy atom. The highest BCUT2D eigenvalue weighted by molar-refractivity contribution is 7.89. The molecule has 1 aliphatic rings. The van der Waals surface area contributed by atoms with Gasteiger partial charge in [0, 0.05) is 36.3 Å². The molecular weight excluding hydrogens is 424 g/mol. The van der Waals surface area contributed by atoms with E-state index in [1.807, 2.05) is 36.4 Å². The highest BCUT2D eigenvalue weighted by atomic mass is 32.2. The van der Waals surface area contributed by atoms with E-state index in [4.69, 9.17) is 4.74 Å². The van der Waals surface area contributed by atoms with Crippen molar-refractivity contribution in [3.63, 3.8) is 0 Å². The highest BCUT2D eigenvalue weighted by Crippen LogP contribution is 2.31. The van der Waals surface area contributed by atoms with E-state index in [1.54, 1.807) is 36.7 Å². The van der Waals surface area contributed by atoms with E-state index in [2.05, 4.69) is 15.3 Å². The maximum absolute atomic E-state index is 13.2. The van der Waals surface area contributed by atoms with E-state index in [0.29, 0.717) is 25.3 Å². The third-order valence-corrected chi connectivity index (χ3v) is 7.48. The van der Waals surface area contributed by atoms with Gasteiger partial charge in [-0.15, -0.1) is 0 Å². The fourth-order valence-electron chi connectivity index (χ4n) is 3.96. The lowest BCUT2D eigenvalue weighted by molar-refractivity contribution is 0.389. The zero-order chi connectivity index (χ0) is 22.1. The van der Waals surface area contributed by atoms with Crippen LogP contribution in [0.3, 0.4) is 0 Å². The van der Waals surface area contributed by atoms with Crippen LogP contribution >= 0.6 is 0 Å². The SMILES string of the molecule is COc1cccc(S(=O)(=O)N2CCc3c(ccnc3Nc3cnc4ccccc4c3)C2)c1. The van der Waals surface area contributed by atoms with Gasteiger partial charge in [-0.1, -0.05) is 24.3 Å². The number of benzene rings is 2. The fourth-order valence-corrected chi connectivity index (χ4v) is 5.42. The largest absolute Gasteiger partial charge is 0.497 e. The van der Waals surface area contributed by atoms with Crippen LogP contribution in [0, 0.1) is 0 Å². The van der Waals surface area contributed by atoms with Crippen molar-refractivity contribution in [3.8, 4) is 5.75 Å². The van der Waals surface area contributed by atoms with Crippen LogP contribution < -0.4 is 10.1 Å². The van der Waals surface area contributed by atoms with E-state index < -0.39 is 10.0 Å². The van der Waals surface area contributed by atoms with Crippen molar-refractivity contribution in [1.82, 2.24) is 14.3 Å². The third kappa shape index (κ3) is 3.79. The molecule has 0 fully saturated rings. The molecule has 2 aromatic carbocycles. The number of ether oxygens (including phenoxy) is 1. The molecule has 0 aliphatic carbocycles. The lowest BCUT2D eigenvalue weighted by Crippen LogP contribution is -2.36. The number of anilines is 2. The fraction of sp³-hybridized carbons (Fsp3) is 0.167. The standard InChI is InChI=1S/C24H22N4O3S/c1-31-20-6-4-7-21(14-20)32(29,30)28-12-10-22-18(16-28)9-11-25-24(22)27-19-13-17-5-2-3-8-23(17)26-15-19/h2-9,11,13-15H,10,12,16H2,1H3,(H,25,27).